The molecule has 1 heterocycles. The summed E-state index contributed by atoms with van der Waals surface area (Å²) in [5.41, 5.74) is 1.42. The first kappa shape index (κ1) is 14.1. The van der Waals surface area contributed by atoms with Crippen LogP contribution in [0.3, 0.4) is 0 Å². The van der Waals surface area contributed by atoms with Crippen LogP contribution in [-0.4, -0.2) is 48.4 Å². The summed E-state index contributed by atoms with van der Waals surface area (Å²) in [7, 11) is 0. The van der Waals surface area contributed by atoms with Gasteiger partial charge >= 0.3 is 0 Å². The number of piperazine rings is 1. The van der Waals surface area contributed by atoms with Crippen LogP contribution in [0.2, 0.25) is 0 Å². The maximum atomic E-state index is 11.3. The van der Waals surface area contributed by atoms with Crippen LogP contribution in [0.4, 0.5) is 0 Å². The first-order valence-corrected chi connectivity index (χ1v) is 7.19. The van der Waals surface area contributed by atoms with Crippen molar-refractivity contribution in [1.29, 1.82) is 0 Å². The van der Waals surface area contributed by atoms with E-state index in [2.05, 4.69) is 42.2 Å². The minimum atomic E-state index is 0.206. The van der Waals surface area contributed by atoms with E-state index in [0.29, 0.717) is 5.92 Å². The highest BCUT2D eigenvalue weighted by Crippen LogP contribution is 2.19. The van der Waals surface area contributed by atoms with Crippen LogP contribution >= 0.6 is 0 Å². The van der Waals surface area contributed by atoms with Crippen LogP contribution in [0.25, 0.3) is 0 Å². The fourth-order valence-electron chi connectivity index (χ4n) is 2.61. The minimum absolute atomic E-state index is 0.206. The van der Waals surface area contributed by atoms with Crippen LogP contribution in [0.1, 0.15) is 31.7 Å². The van der Waals surface area contributed by atoms with E-state index in [0.717, 1.165) is 32.7 Å². The van der Waals surface area contributed by atoms with Crippen molar-refractivity contribution >= 4 is 5.91 Å². The van der Waals surface area contributed by atoms with Gasteiger partial charge in [0.15, 0.2) is 0 Å². The van der Waals surface area contributed by atoms with Gasteiger partial charge in [0.2, 0.25) is 5.91 Å². The molecule has 1 aromatic rings. The summed E-state index contributed by atoms with van der Waals surface area (Å²) >= 11 is 0. The van der Waals surface area contributed by atoms with E-state index in [-0.39, 0.29) is 5.91 Å². The Balaban J connectivity index is 1.73. The largest absolute Gasteiger partial charge is 0.340 e. The second-order valence-electron chi connectivity index (χ2n) is 5.45. The Bertz CT molecular complexity index is 396. The predicted octanol–water partition coefficient (Wildman–Crippen LogP) is 2.34. The third kappa shape index (κ3) is 4.06. The molecule has 3 nitrogen and oxygen atoms in total. The third-order valence-corrected chi connectivity index (χ3v) is 4.06. The Kier molecular flexibility index (Phi) is 4.97. The fraction of sp³-hybridized carbons (Fsp3) is 0.562. The predicted molar refractivity (Wildman–Crippen MR) is 78.2 cm³/mol. The van der Waals surface area contributed by atoms with Gasteiger partial charge in [-0.15, -0.1) is 0 Å². The molecule has 2 rings (SSSR count). The lowest BCUT2D eigenvalue weighted by Gasteiger charge is -2.34. The molecule has 19 heavy (non-hydrogen) atoms. The molecule has 1 aliphatic heterocycles. The van der Waals surface area contributed by atoms with Gasteiger partial charge in [-0.3, -0.25) is 9.69 Å². The SMILES string of the molecule is CC(=O)N1CCN(CC[C@@H](C)c2ccccc2)CC1. The third-order valence-electron chi connectivity index (χ3n) is 4.06. The van der Waals surface area contributed by atoms with Crippen LogP contribution in [0, 0.1) is 0 Å². The van der Waals surface area contributed by atoms with E-state index in [1.165, 1.54) is 12.0 Å². The molecule has 0 N–H and O–H groups in total. The van der Waals surface area contributed by atoms with Crippen molar-refractivity contribution < 1.29 is 4.79 Å². The summed E-state index contributed by atoms with van der Waals surface area (Å²) < 4.78 is 0. The molecule has 1 aromatic carbocycles. The maximum Gasteiger partial charge on any atom is 0.219 e. The highest BCUT2D eigenvalue weighted by Gasteiger charge is 2.18. The smallest absolute Gasteiger partial charge is 0.219 e. The van der Waals surface area contributed by atoms with Gasteiger partial charge in [-0.25, -0.2) is 0 Å². The van der Waals surface area contributed by atoms with Crippen LogP contribution in [0.15, 0.2) is 30.3 Å². The number of benzene rings is 1. The first-order chi connectivity index (χ1) is 9.16. The lowest BCUT2D eigenvalue weighted by molar-refractivity contribution is -0.130. The van der Waals surface area contributed by atoms with E-state index in [1.54, 1.807) is 6.92 Å². The number of carbonyl (C=O) groups is 1. The summed E-state index contributed by atoms with van der Waals surface area (Å²) in [5.74, 6) is 0.810. The number of rotatable bonds is 4. The van der Waals surface area contributed by atoms with Crippen LogP contribution < -0.4 is 0 Å². The Morgan fingerprint density at radius 3 is 2.37 bits per heavy atom. The van der Waals surface area contributed by atoms with Gasteiger partial charge in [-0.1, -0.05) is 37.3 Å². The molecule has 104 valence electrons. The zero-order valence-electron chi connectivity index (χ0n) is 12.0. The highest BCUT2D eigenvalue weighted by atomic mass is 16.2. The van der Waals surface area contributed by atoms with E-state index in [4.69, 9.17) is 0 Å². The molecule has 0 bridgehead atoms. The second kappa shape index (κ2) is 6.71. The van der Waals surface area contributed by atoms with Crippen molar-refractivity contribution in [2.45, 2.75) is 26.2 Å². The molecule has 0 aromatic heterocycles. The molecule has 1 aliphatic rings. The van der Waals surface area contributed by atoms with E-state index in [9.17, 15) is 4.79 Å². The number of nitrogens with zero attached hydrogens (tertiary/aromatic N) is 2. The van der Waals surface area contributed by atoms with Gasteiger partial charge in [0, 0.05) is 33.1 Å². The number of hydrogen-bond donors (Lipinski definition) is 0. The van der Waals surface area contributed by atoms with Crippen molar-refractivity contribution in [2.24, 2.45) is 0 Å². The standard InChI is InChI=1S/C16H24N2O/c1-14(16-6-4-3-5-7-16)8-9-17-10-12-18(13-11-17)15(2)19/h3-7,14H,8-13H2,1-2H3/t14-/m1/s1. The average Bonchev–Trinajstić information content (AvgIpc) is 2.46. The van der Waals surface area contributed by atoms with E-state index in [1.807, 2.05) is 4.90 Å². The van der Waals surface area contributed by atoms with E-state index < -0.39 is 0 Å². The zero-order valence-corrected chi connectivity index (χ0v) is 12.0. The number of amides is 1. The van der Waals surface area contributed by atoms with Crippen molar-refractivity contribution in [3.63, 3.8) is 0 Å². The van der Waals surface area contributed by atoms with Gasteiger partial charge < -0.3 is 4.90 Å². The molecule has 1 saturated heterocycles. The van der Waals surface area contributed by atoms with Gasteiger partial charge in [0.05, 0.1) is 0 Å². The van der Waals surface area contributed by atoms with Gasteiger partial charge in [-0.2, -0.15) is 0 Å². The Morgan fingerprint density at radius 1 is 1.16 bits per heavy atom. The van der Waals surface area contributed by atoms with Crippen LogP contribution in [0.5, 0.6) is 0 Å². The molecule has 0 aliphatic carbocycles. The summed E-state index contributed by atoms with van der Waals surface area (Å²) in [4.78, 5) is 15.7. The lowest BCUT2D eigenvalue weighted by Crippen LogP contribution is -2.48. The van der Waals surface area contributed by atoms with Gasteiger partial charge in [0.1, 0.15) is 0 Å². The number of carbonyl (C=O) groups excluding carboxylic acids is 1. The van der Waals surface area contributed by atoms with Gasteiger partial charge in [0.25, 0.3) is 0 Å². The number of hydrogen-bond acceptors (Lipinski definition) is 2. The molecule has 0 unspecified atom stereocenters. The lowest BCUT2D eigenvalue weighted by atomic mass is 9.97. The maximum absolute atomic E-state index is 11.3. The summed E-state index contributed by atoms with van der Waals surface area (Å²) in [5, 5.41) is 0. The quantitative estimate of drug-likeness (QED) is 0.829. The fourth-order valence-corrected chi connectivity index (χ4v) is 2.61. The average molecular weight is 260 g/mol. The Hall–Kier alpha value is -1.35. The topological polar surface area (TPSA) is 23.6 Å². The summed E-state index contributed by atoms with van der Waals surface area (Å²) in [6, 6.07) is 10.7. The monoisotopic (exact) mass is 260 g/mol. The highest BCUT2D eigenvalue weighted by molar-refractivity contribution is 5.73. The first-order valence-electron chi connectivity index (χ1n) is 7.19. The minimum Gasteiger partial charge on any atom is -0.340 e. The molecule has 1 atom stereocenters. The van der Waals surface area contributed by atoms with E-state index >= 15 is 0 Å². The van der Waals surface area contributed by atoms with Crippen molar-refractivity contribution in [1.82, 2.24) is 9.80 Å². The normalized spacial score (nSPS) is 18.3. The van der Waals surface area contributed by atoms with Crippen LogP contribution in [-0.2, 0) is 4.79 Å². The Morgan fingerprint density at radius 2 is 1.79 bits per heavy atom. The summed E-state index contributed by atoms with van der Waals surface area (Å²) in [6.07, 6.45) is 1.18. The van der Waals surface area contributed by atoms with Crippen molar-refractivity contribution in [3.05, 3.63) is 35.9 Å². The molecule has 1 fully saturated rings. The van der Waals surface area contributed by atoms with Crippen molar-refractivity contribution in [3.8, 4) is 0 Å². The second-order valence-corrected chi connectivity index (χ2v) is 5.45. The molecule has 0 radical (unpaired) electrons. The molecular weight excluding hydrogens is 236 g/mol. The van der Waals surface area contributed by atoms with Crippen molar-refractivity contribution in [2.75, 3.05) is 32.7 Å². The summed E-state index contributed by atoms with van der Waals surface area (Å²) in [6.45, 7) is 8.88. The molecule has 0 spiro atoms. The molecule has 3 heteroatoms. The molecule has 1 amide bonds. The Labute approximate surface area is 116 Å². The van der Waals surface area contributed by atoms with Gasteiger partial charge in [-0.05, 0) is 24.4 Å². The zero-order chi connectivity index (χ0) is 13.7. The molecular formula is C16H24N2O. The molecule has 0 saturated carbocycles.